The molecule has 0 radical (unpaired) electrons. The molecule has 0 aliphatic rings. The number of carbonyl (C=O) groups excluding carboxylic acids is 1. The summed E-state index contributed by atoms with van der Waals surface area (Å²) in [5.74, 6) is 0.516. The molecule has 0 unspecified atom stereocenters. The number of fused-ring (bicyclic) bond motifs is 1. The van der Waals surface area contributed by atoms with Crippen molar-refractivity contribution in [2.45, 2.75) is 0 Å². The van der Waals surface area contributed by atoms with Crippen LogP contribution in [0.25, 0.3) is 21.2 Å². The van der Waals surface area contributed by atoms with Gasteiger partial charge in [0.25, 0.3) is 5.91 Å². The van der Waals surface area contributed by atoms with Gasteiger partial charge in [0, 0.05) is 15.6 Å². The molecule has 138 valence electrons. The number of amides is 1. The van der Waals surface area contributed by atoms with Gasteiger partial charge in [0.1, 0.15) is 5.75 Å². The molecular weight excluding hydrogens is 368 g/mol. The quantitative estimate of drug-likeness (QED) is 0.372. The summed E-state index contributed by atoms with van der Waals surface area (Å²) in [5, 5.41) is 5.15. The van der Waals surface area contributed by atoms with Crippen molar-refractivity contribution < 1.29 is 9.53 Å². The van der Waals surface area contributed by atoms with Crippen molar-refractivity contribution in [3.8, 4) is 16.9 Å². The molecule has 0 spiro atoms. The smallest absolute Gasteiger partial charge is 0.271 e. The first-order valence-electron chi connectivity index (χ1n) is 8.80. The molecule has 0 atom stereocenters. The highest BCUT2D eigenvalue weighted by molar-refractivity contribution is 7.21. The van der Waals surface area contributed by atoms with E-state index in [2.05, 4.69) is 10.5 Å². The van der Waals surface area contributed by atoms with Crippen molar-refractivity contribution in [3.63, 3.8) is 0 Å². The number of carbonyl (C=O) groups is 1. The van der Waals surface area contributed by atoms with Crippen molar-refractivity contribution in [1.82, 2.24) is 5.43 Å². The minimum Gasteiger partial charge on any atom is -0.495 e. The van der Waals surface area contributed by atoms with Gasteiger partial charge in [0.15, 0.2) is 0 Å². The van der Waals surface area contributed by atoms with E-state index in [0.717, 1.165) is 31.8 Å². The number of benzene rings is 3. The summed E-state index contributed by atoms with van der Waals surface area (Å²) < 4.78 is 6.62. The van der Waals surface area contributed by atoms with Crippen LogP contribution in [-0.4, -0.2) is 19.2 Å². The van der Waals surface area contributed by atoms with E-state index in [1.54, 1.807) is 36.8 Å². The topological polar surface area (TPSA) is 50.7 Å². The maximum Gasteiger partial charge on any atom is 0.271 e. The third kappa shape index (κ3) is 3.66. The second kappa shape index (κ2) is 8.06. The fraction of sp³-hybridized carbons (Fsp3) is 0.0435. The minimum absolute atomic E-state index is 0.254. The molecular formula is C23H18N2O2S. The Kier molecular flexibility index (Phi) is 5.17. The van der Waals surface area contributed by atoms with E-state index in [1.807, 2.05) is 66.7 Å². The lowest BCUT2D eigenvalue weighted by Gasteiger charge is -2.04. The fourth-order valence-electron chi connectivity index (χ4n) is 3.00. The zero-order valence-corrected chi connectivity index (χ0v) is 16.1. The molecule has 0 bridgehead atoms. The van der Waals surface area contributed by atoms with Crippen LogP contribution in [0.3, 0.4) is 0 Å². The number of hydrogen-bond donors (Lipinski definition) is 1. The second-order valence-electron chi connectivity index (χ2n) is 6.14. The molecule has 0 aliphatic heterocycles. The van der Waals surface area contributed by atoms with Crippen molar-refractivity contribution in [1.29, 1.82) is 0 Å². The maximum atomic E-state index is 12.4. The summed E-state index contributed by atoms with van der Waals surface area (Å²) >= 11 is 1.57. The molecule has 3 aromatic carbocycles. The SMILES string of the molecule is COc1c(C=NNC(=O)c2ccc(-c3ccccc3)cc2)sc2ccccc12. The zero-order chi connectivity index (χ0) is 19.3. The summed E-state index contributed by atoms with van der Waals surface area (Å²) in [6.45, 7) is 0. The predicted octanol–water partition coefficient (Wildman–Crippen LogP) is 5.34. The van der Waals surface area contributed by atoms with Gasteiger partial charge < -0.3 is 4.74 Å². The predicted molar refractivity (Wildman–Crippen MR) is 115 cm³/mol. The summed E-state index contributed by atoms with van der Waals surface area (Å²) in [4.78, 5) is 13.2. The molecule has 0 aliphatic carbocycles. The molecule has 0 saturated heterocycles. The van der Waals surface area contributed by atoms with Crippen LogP contribution >= 0.6 is 11.3 Å². The standard InChI is InChI=1S/C23H18N2O2S/c1-27-22-19-9-5-6-10-20(19)28-21(22)15-24-25-23(26)18-13-11-17(12-14-18)16-7-3-2-4-8-16/h2-15H,1H3,(H,25,26). The largest absolute Gasteiger partial charge is 0.495 e. The second-order valence-corrected chi connectivity index (χ2v) is 7.22. The Hall–Kier alpha value is -3.44. The average molecular weight is 386 g/mol. The normalized spacial score (nSPS) is 11.0. The van der Waals surface area contributed by atoms with Gasteiger partial charge in [-0.1, -0.05) is 54.6 Å². The summed E-state index contributed by atoms with van der Waals surface area (Å²) in [5.41, 5.74) is 5.32. The molecule has 0 saturated carbocycles. The Balaban J connectivity index is 1.47. The molecule has 5 heteroatoms. The van der Waals surface area contributed by atoms with Crippen molar-refractivity contribution >= 4 is 33.5 Å². The number of methoxy groups -OCH3 is 1. The van der Waals surface area contributed by atoms with Gasteiger partial charge >= 0.3 is 0 Å². The first-order valence-corrected chi connectivity index (χ1v) is 9.62. The van der Waals surface area contributed by atoms with Gasteiger partial charge in [-0.25, -0.2) is 5.43 Å². The highest BCUT2D eigenvalue weighted by atomic mass is 32.1. The Morgan fingerprint density at radius 1 is 0.929 bits per heavy atom. The van der Waals surface area contributed by atoms with Crippen molar-refractivity contribution in [3.05, 3.63) is 89.3 Å². The van der Waals surface area contributed by atoms with Crippen LogP contribution in [0.2, 0.25) is 0 Å². The maximum absolute atomic E-state index is 12.4. The van der Waals surface area contributed by atoms with Crippen LogP contribution < -0.4 is 10.2 Å². The van der Waals surface area contributed by atoms with Crippen molar-refractivity contribution in [2.75, 3.05) is 7.11 Å². The highest BCUT2D eigenvalue weighted by Crippen LogP contribution is 2.36. The highest BCUT2D eigenvalue weighted by Gasteiger charge is 2.11. The van der Waals surface area contributed by atoms with Gasteiger partial charge in [-0.3, -0.25) is 4.79 Å². The lowest BCUT2D eigenvalue weighted by Crippen LogP contribution is -2.17. The molecule has 4 aromatic rings. The Bertz CT molecular complexity index is 1130. The van der Waals surface area contributed by atoms with E-state index in [0.29, 0.717) is 5.56 Å². The van der Waals surface area contributed by atoms with E-state index < -0.39 is 0 Å². The molecule has 1 aromatic heterocycles. The summed E-state index contributed by atoms with van der Waals surface area (Å²) in [7, 11) is 1.64. The number of hydrazone groups is 1. The van der Waals surface area contributed by atoms with Crippen LogP contribution in [0.4, 0.5) is 0 Å². The number of hydrogen-bond acceptors (Lipinski definition) is 4. The van der Waals surface area contributed by atoms with Crippen LogP contribution in [0.1, 0.15) is 15.2 Å². The molecule has 28 heavy (non-hydrogen) atoms. The zero-order valence-electron chi connectivity index (χ0n) is 15.3. The van der Waals surface area contributed by atoms with E-state index in [1.165, 1.54) is 0 Å². The molecule has 1 heterocycles. The number of ether oxygens (including phenoxy) is 1. The van der Waals surface area contributed by atoms with Gasteiger partial charge in [0.05, 0.1) is 18.2 Å². The number of nitrogens with one attached hydrogen (secondary N) is 1. The third-order valence-electron chi connectivity index (χ3n) is 4.38. The third-order valence-corrected chi connectivity index (χ3v) is 5.47. The van der Waals surface area contributed by atoms with Crippen LogP contribution in [0, 0.1) is 0 Å². The lowest BCUT2D eigenvalue weighted by atomic mass is 10.0. The molecule has 1 N–H and O–H groups in total. The summed E-state index contributed by atoms with van der Waals surface area (Å²) in [6, 6.07) is 25.5. The van der Waals surface area contributed by atoms with Gasteiger partial charge in [-0.05, 0) is 35.4 Å². The van der Waals surface area contributed by atoms with E-state index in [4.69, 9.17) is 4.74 Å². The first-order chi connectivity index (χ1) is 13.8. The first kappa shape index (κ1) is 17.9. The van der Waals surface area contributed by atoms with Crippen LogP contribution in [0.15, 0.2) is 84.0 Å². The van der Waals surface area contributed by atoms with Crippen LogP contribution in [-0.2, 0) is 0 Å². The van der Waals surface area contributed by atoms with Crippen LogP contribution in [0.5, 0.6) is 5.75 Å². The van der Waals surface area contributed by atoms with E-state index >= 15 is 0 Å². The molecule has 1 amide bonds. The lowest BCUT2D eigenvalue weighted by molar-refractivity contribution is 0.0955. The number of thiophene rings is 1. The van der Waals surface area contributed by atoms with E-state index in [9.17, 15) is 4.79 Å². The molecule has 4 nitrogen and oxygen atoms in total. The Morgan fingerprint density at radius 2 is 1.61 bits per heavy atom. The van der Waals surface area contributed by atoms with E-state index in [-0.39, 0.29) is 5.91 Å². The number of nitrogens with zero attached hydrogens (tertiary/aromatic N) is 1. The Labute approximate surface area is 167 Å². The van der Waals surface area contributed by atoms with Gasteiger partial charge in [0.2, 0.25) is 0 Å². The molecule has 4 rings (SSSR count). The monoisotopic (exact) mass is 386 g/mol. The number of rotatable bonds is 5. The van der Waals surface area contributed by atoms with Crippen molar-refractivity contribution in [2.24, 2.45) is 5.10 Å². The Morgan fingerprint density at radius 3 is 2.36 bits per heavy atom. The van der Waals surface area contributed by atoms with Gasteiger partial charge in [-0.2, -0.15) is 5.10 Å². The molecule has 0 fully saturated rings. The average Bonchev–Trinajstić information content (AvgIpc) is 3.11. The van der Waals surface area contributed by atoms with Gasteiger partial charge in [-0.15, -0.1) is 11.3 Å². The fourth-order valence-corrected chi connectivity index (χ4v) is 4.04. The minimum atomic E-state index is -0.254. The summed E-state index contributed by atoms with van der Waals surface area (Å²) in [6.07, 6.45) is 1.62.